The number of imidazole rings is 1. The molecule has 0 aliphatic rings. The molecule has 19 heavy (non-hydrogen) atoms. The Labute approximate surface area is 137 Å². The lowest BCUT2D eigenvalue weighted by Crippen LogP contribution is -2.04. The van der Waals surface area contributed by atoms with E-state index in [-0.39, 0.29) is 11.6 Å². The molecule has 3 nitrogen and oxygen atoms in total. The third-order valence-electron chi connectivity index (χ3n) is 2.70. The molecule has 0 unspecified atom stereocenters. The summed E-state index contributed by atoms with van der Waals surface area (Å²) in [6.45, 7) is 0.765. The van der Waals surface area contributed by atoms with Crippen LogP contribution < -0.4 is 0 Å². The second kappa shape index (κ2) is 6.78. The van der Waals surface area contributed by atoms with Crippen LogP contribution in [0.15, 0.2) is 30.6 Å². The first-order valence-electron chi connectivity index (χ1n) is 5.73. The van der Waals surface area contributed by atoms with Gasteiger partial charge in [0.25, 0.3) is 0 Å². The topological polar surface area (TPSA) is 34.9 Å². The lowest BCUT2D eigenvalue weighted by Gasteiger charge is -2.04. The molecule has 1 heterocycles. The third-order valence-corrected chi connectivity index (χ3v) is 5.65. The lowest BCUT2D eigenvalue weighted by atomic mass is 10.1. The predicted octanol–water partition coefficient (Wildman–Crippen LogP) is 3.89. The first-order valence-corrected chi connectivity index (χ1v) is 7.88. The molecule has 0 atom stereocenters. The number of halogens is 3. The predicted molar refractivity (Wildman–Crippen MR) is 87.6 cm³/mol. The maximum Gasteiger partial charge on any atom is 0.162 e. The molecule has 0 aliphatic carbocycles. The molecular formula is C13H11FI2N2O. The molecule has 0 bridgehead atoms. The maximum atomic E-state index is 12.7. The van der Waals surface area contributed by atoms with Crippen molar-refractivity contribution in [2.45, 2.75) is 19.4 Å². The minimum absolute atomic E-state index is 0.0461. The van der Waals surface area contributed by atoms with Gasteiger partial charge in [0.1, 0.15) is 13.2 Å². The molecule has 0 radical (unpaired) electrons. The van der Waals surface area contributed by atoms with Crippen molar-refractivity contribution < 1.29 is 9.18 Å². The molecule has 1 aromatic heterocycles. The smallest absolute Gasteiger partial charge is 0.162 e. The first-order chi connectivity index (χ1) is 9.08. The van der Waals surface area contributed by atoms with Crippen LogP contribution in [0, 0.1) is 13.2 Å². The minimum Gasteiger partial charge on any atom is -0.325 e. The van der Waals surface area contributed by atoms with Crippen molar-refractivity contribution in [2.75, 3.05) is 0 Å². The van der Waals surface area contributed by atoms with E-state index in [9.17, 15) is 9.18 Å². The van der Waals surface area contributed by atoms with Gasteiger partial charge in [0.15, 0.2) is 5.78 Å². The molecule has 6 heteroatoms. The number of benzene rings is 1. The quantitative estimate of drug-likeness (QED) is 0.477. The molecule has 0 saturated heterocycles. The van der Waals surface area contributed by atoms with Crippen LogP contribution >= 0.6 is 45.2 Å². The maximum absolute atomic E-state index is 12.7. The van der Waals surface area contributed by atoms with Gasteiger partial charge < -0.3 is 4.57 Å². The molecule has 0 aliphatic heterocycles. The van der Waals surface area contributed by atoms with E-state index in [1.165, 1.54) is 24.3 Å². The molecule has 0 spiro atoms. The number of Topliss-reactive ketones (excluding diaryl/α,β-unsaturated/α-hetero) is 1. The second-order valence-electron chi connectivity index (χ2n) is 4.05. The van der Waals surface area contributed by atoms with E-state index in [1.807, 2.05) is 4.57 Å². The average Bonchev–Trinajstić information content (AvgIpc) is 2.71. The molecule has 100 valence electrons. The van der Waals surface area contributed by atoms with Gasteiger partial charge in [-0.1, -0.05) is 0 Å². The van der Waals surface area contributed by atoms with Gasteiger partial charge in [-0.25, -0.2) is 9.37 Å². The Kier molecular flexibility index (Phi) is 5.31. The molecule has 0 fully saturated rings. The number of carbonyl (C=O) groups is 1. The highest BCUT2D eigenvalue weighted by atomic mass is 127. The number of ketones is 1. The Morgan fingerprint density at radius 2 is 1.95 bits per heavy atom. The number of aromatic nitrogens is 2. The van der Waals surface area contributed by atoms with E-state index in [1.54, 1.807) is 6.33 Å². The minimum atomic E-state index is -0.320. The van der Waals surface area contributed by atoms with Crippen LogP contribution in [0.1, 0.15) is 23.2 Å². The molecule has 0 amide bonds. The summed E-state index contributed by atoms with van der Waals surface area (Å²) in [5.74, 6) is -0.274. The van der Waals surface area contributed by atoms with E-state index in [0.717, 1.165) is 20.4 Å². The summed E-state index contributed by atoms with van der Waals surface area (Å²) in [6, 6.07) is 5.69. The highest BCUT2D eigenvalue weighted by molar-refractivity contribution is 14.1. The van der Waals surface area contributed by atoms with Crippen molar-refractivity contribution in [2.24, 2.45) is 0 Å². The summed E-state index contributed by atoms with van der Waals surface area (Å²) < 4.78 is 16.8. The first kappa shape index (κ1) is 14.9. The lowest BCUT2D eigenvalue weighted by molar-refractivity contribution is 0.0978. The molecule has 1 aromatic carbocycles. The van der Waals surface area contributed by atoms with Crippen LogP contribution in [0.25, 0.3) is 0 Å². The van der Waals surface area contributed by atoms with Crippen LogP contribution in [0.3, 0.4) is 0 Å². The average molecular weight is 484 g/mol. The Balaban J connectivity index is 1.87. The third kappa shape index (κ3) is 3.98. The van der Waals surface area contributed by atoms with Crippen molar-refractivity contribution >= 4 is 51.0 Å². The summed E-state index contributed by atoms with van der Waals surface area (Å²) in [4.78, 5) is 16.1. The monoisotopic (exact) mass is 484 g/mol. The van der Waals surface area contributed by atoms with E-state index < -0.39 is 0 Å². The van der Waals surface area contributed by atoms with Gasteiger partial charge in [-0.05, 0) is 75.9 Å². The number of aryl methyl sites for hydroxylation is 1. The van der Waals surface area contributed by atoms with Crippen molar-refractivity contribution in [3.8, 4) is 0 Å². The van der Waals surface area contributed by atoms with Gasteiger partial charge in [0.2, 0.25) is 0 Å². The Bertz CT molecular complexity index is 581. The fourth-order valence-electron chi connectivity index (χ4n) is 1.69. The second-order valence-corrected chi connectivity index (χ2v) is 6.10. The van der Waals surface area contributed by atoms with Crippen LogP contribution in [-0.2, 0) is 6.54 Å². The number of hydrogen-bond acceptors (Lipinski definition) is 2. The van der Waals surface area contributed by atoms with Gasteiger partial charge in [-0.2, -0.15) is 0 Å². The standard InChI is InChI=1S/C13H11FI2N2O/c14-10-5-3-9(4-6-10)11(19)2-1-7-18-8-17-12(15)13(18)16/h3-6,8H,1-2,7H2. The largest absolute Gasteiger partial charge is 0.325 e. The van der Waals surface area contributed by atoms with E-state index in [2.05, 4.69) is 50.2 Å². The number of hydrogen-bond donors (Lipinski definition) is 0. The zero-order valence-corrected chi connectivity index (χ0v) is 14.3. The zero-order chi connectivity index (χ0) is 13.8. The zero-order valence-electron chi connectivity index (χ0n) is 9.94. The van der Waals surface area contributed by atoms with Crippen LogP contribution in [0.2, 0.25) is 0 Å². The number of nitrogens with zero attached hydrogens (tertiary/aromatic N) is 2. The van der Waals surface area contributed by atoms with Crippen molar-refractivity contribution in [3.05, 3.63) is 49.4 Å². The Morgan fingerprint density at radius 3 is 2.53 bits per heavy atom. The van der Waals surface area contributed by atoms with Crippen molar-refractivity contribution in [1.82, 2.24) is 9.55 Å². The van der Waals surface area contributed by atoms with Gasteiger partial charge in [0.05, 0.1) is 6.33 Å². The number of carbonyl (C=O) groups excluding carboxylic acids is 1. The van der Waals surface area contributed by atoms with Crippen LogP contribution in [0.5, 0.6) is 0 Å². The van der Waals surface area contributed by atoms with Gasteiger partial charge in [-0.3, -0.25) is 4.79 Å². The van der Waals surface area contributed by atoms with E-state index >= 15 is 0 Å². The fraction of sp³-hybridized carbons (Fsp3) is 0.231. The Morgan fingerprint density at radius 1 is 1.26 bits per heavy atom. The molecule has 0 N–H and O–H groups in total. The highest BCUT2D eigenvalue weighted by Crippen LogP contribution is 2.14. The SMILES string of the molecule is O=C(CCCn1cnc(I)c1I)c1ccc(F)cc1. The number of rotatable bonds is 5. The highest BCUT2D eigenvalue weighted by Gasteiger charge is 2.08. The summed E-state index contributed by atoms with van der Waals surface area (Å²) in [5.41, 5.74) is 0.566. The van der Waals surface area contributed by atoms with Crippen molar-refractivity contribution in [3.63, 3.8) is 0 Å². The summed E-state index contributed by atoms with van der Waals surface area (Å²) in [5, 5.41) is 0. The van der Waals surface area contributed by atoms with Crippen LogP contribution in [-0.4, -0.2) is 15.3 Å². The summed E-state index contributed by atoms with van der Waals surface area (Å²) in [6.07, 6.45) is 2.99. The van der Waals surface area contributed by atoms with Crippen LogP contribution in [0.4, 0.5) is 4.39 Å². The van der Waals surface area contributed by atoms with Crippen molar-refractivity contribution in [1.29, 1.82) is 0 Å². The fourth-order valence-corrected chi connectivity index (χ4v) is 2.63. The summed E-state index contributed by atoms with van der Waals surface area (Å²) in [7, 11) is 0. The van der Waals surface area contributed by atoms with Gasteiger partial charge >= 0.3 is 0 Å². The van der Waals surface area contributed by atoms with Gasteiger partial charge in [-0.15, -0.1) is 0 Å². The van der Waals surface area contributed by atoms with E-state index in [0.29, 0.717) is 12.0 Å². The Hall–Kier alpha value is -0.510. The normalized spacial score (nSPS) is 10.7. The van der Waals surface area contributed by atoms with Gasteiger partial charge in [0, 0.05) is 18.5 Å². The summed E-state index contributed by atoms with van der Waals surface area (Å²) >= 11 is 4.42. The van der Waals surface area contributed by atoms with E-state index in [4.69, 9.17) is 0 Å². The molecular weight excluding hydrogens is 473 g/mol. The molecule has 2 rings (SSSR count). The molecule has 2 aromatic rings. The molecule has 0 saturated carbocycles.